The number of carbonyl (C=O) groups is 1. The highest BCUT2D eigenvalue weighted by atomic mass is 16.1. The first kappa shape index (κ1) is 9.40. The number of rotatable bonds is 2. The lowest BCUT2D eigenvalue weighted by atomic mass is 9.93. The quantitative estimate of drug-likeness (QED) is 0.694. The lowest BCUT2D eigenvalue weighted by Gasteiger charge is -2.11. The van der Waals surface area contributed by atoms with Crippen molar-refractivity contribution in [3.63, 3.8) is 0 Å². The molecular formula is C10H15N3O. The molecule has 14 heavy (non-hydrogen) atoms. The second-order valence-electron chi connectivity index (χ2n) is 3.97. The molecule has 1 N–H and O–H groups in total. The molecule has 0 saturated carbocycles. The number of aromatic nitrogens is 2. The smallest absolute Gasteiger partial charge is 0.202 e. The molecule has 1 aliphatic heterocycles. The second-order valence-corrected chi connectivity index (χ2v) is 3.97. The molecule has 0 spiro atoms. The molecule has 0 aliphatic carbocycles. The van der Waals surface area contributed by atoms with E-state index in [2.05, 4.69) is 17.2 Å². The van der Waals surface area contributed by atoms with Crippen molar-refractivity contribution in [3.8, 4) is 0 Å². The molecule has 1 aliphatic rings. The standard InChI is InChI=1S/C10H15N3O/c1-7-5-11-6-8(7)9(14)10-12-3-4-13(10)2/h3-4,7-8,11H,5-6H2,1-2H3. The molecule has 2 atom stereocenters. The van der Waals surface area contributed by atoms with Crippen LogP contribution in [0.15, 0.2) is 12.4 Å². The van der Waals surface area contributed by atoms with Crippen LogP contribution in [-0.4, -0.2) is 28.4 Å². The van der Waals surface area contributed by atoms with Crippen molar-refractivity contribution < 1.29 is 4.79 Å². The van der Waals surface area contributed by atoms with Gasteiger partial charge in [-0.1, -0.05) is 6.92 Å². The minimum Gasteiger partial charge on any atom is -0.332 e. The van der Waals surface area contributed by atoms with Gasteiger partial charge in [0.15, 0.2) is 5.82 Å². The van der Waals surface area contributed by atoms with E-state index in [9.17, 15) is 4.79 Å². The van der Waals surface area contributed by atoms with Crippen molar-refractivity contribution in [2.24, 2.45) is 18.9 Å². The molecule has 76 valence electrons. The van der Waals surface area contributed by atoms with Gasteiger partial charge in [-0.05, 0) is 12.5 Å². The van der Waals surface area contributed by atoms with E-state index in [0.717, 1.165) is 13.1 Å². The fourth-order valence-corrected chi connectivity index (χ4v) is 1.93. The van der Waals surface area contributed by atoms with E-state index < -0.39 is 0 Å². The van der Waals surface area contributed by atoms with Crippen LogP contribution in [0.3, 0.4) is 0 Å². The molecule has 1 aromatic rings. The van der Waals surface area contributed by atoms with Gasteiger partial charge in [-0.3, -0.25) is 4.79 Å². The van der Waals surface area contributed by atoms with Crippen molar-refractivity contribution in [3.05, 3.63) is 18.2 Å². The molecule has 2 rings (SSSR count). The zero-order valence-electron chi connectivity index (χ0n) is 8.53. The Labute approximate surface area is 83.3 Å². The van der Waals surface area contributed by atoms with E-state index in [1.807, 2.05) is 7.05 Å². The summed E-state index contributed by atoms with van der Waals surface area (Å²) in [7, 11) is 1.85. The topological polar surface area (TPSA) is 46.9 Å². The first-order valence-corrected chi connectivity index (χ1v) is 4.92. The van der Waals surface area contributed by atoms with E-state index in [-0.39, 0.29) is 11.7 Å². The maximum atomic E-state index is 12.0. The lowest BCUT2D eigenvalue weighted by molar-refractivity contribution is 0.0894. The molecule has 0 aromatic carbocycles. The normalized spacial score (nSPS) is 26.7. The fraction of sp³-hybridized carbons (Fsp3) is 0.600. The van der Waals surface area contributed by atoms with Crippen molar-refractivity contribution in [1.29, 1.82) is 0 Å². The van der Waals surface area contributed by atoms with Crippen molar-refractivity contribution in [2.75, 3.05) is 13.1 Å². The van der Waals surface area contributed by atoms with Gasteiger partial charge < -0.3 is 9.88 Å². The van der Waals surface area contributed by atoms with E-state index in [4.69, 9.17) is 0 Å². The lowest BCUT2D eigenvalue weighted by Crippen LogP contribution is -2.24. The summed E-state index contributed by atoms with van der Waals surface area (Å²) in [5, 5.41) is 3.23. The van der Waals surface area contributed by atoms with Crippen LogP contribution in [0, 0.1) is 11.8 Å². The third-order valence-electron chi connectivity index (χ3n) is 2.90. The summed E-state index contributed by atoms with van der Waals surface area (Å²) in [5.74, 6) is 1.25. The molecule has 0 radical (unpaired) electrons. The monoisotopic (exact) mass is 193 g/mol. The highest BCUT2D eigenvalue weighted by Crippen LogP contribution is 2.19. The molecule has 0 amide bonds. The second kappa shape index (κ2) is 3.53. The number of imidazole rings is 1. The molecule has 1 saturated heterocycles. The minimum atomic E-state index is 0.0936. The summed E-state index contributed by atoms with van der Waals surface area (Å²) in [6.07, 6.45) is 3.47. The Kier molecular flexibility index (Phi) is 2.37. The Hall–Kier alpha value is -1.16. The Balaban J connectivity index is 2.20. The van der Waals surface area contributed by atoms with Crippen LogP contribution in [0.1, 0.15) is 17.5 Å². The Morgan fingerprint density at radius 3 is 2.93 bits per heavy atom. The predicted octanol–water partition coefficient (Wildman–Crippen LogP) is 0.458. The van der Waals surface area contributed by atoms with E-state index in [0.29, 0.717) is 11.7 Å². The maximum Gasteiger partial charge on any atom is 0.202 e. The summed E-state index contributed by atoms with van der Waals surface area (Å²) in [6, 6.07) is 0. The summed E-state index contributed by atoms with van der Waals surface area (Å²) in [4.78, 5) is 16.1. The maximum absolute atomic E-state index is 12.0. The van der Waals surface area contributed by atoms with Crippen molar-refractivity contribution in [2.45, 2.75) is 6.92 Å². The average Bonchev–Trinajstić information content (AvgIpc) is 2.73. The summed E-state index contributed by atoms with van der Waals surface area (Å²) >= 11 is 0. The molecule has 1 fully saturated rings. The van der Waals surface area contributed by atoms with Gasteiger partial charge in [0, 0.05) is 31.9 Å². The van der Waals surface area contributed by atoms with E-state index in [1.165, 1.54) is 0 Å². The first-order valence-electron chi connectivity index (χ1n) is 4.92. The van der Waals surface area contributed by atoms with Crippen LogP contribution >= 0.6 is 0 Å². The highest BCUT2D eigenvalue weighted by Gasteiger charge is 2.31. The Morgan fingerprint density at radius 1 is 1.64 bits per heavy atom. The zero-order valence-corrected chi connectivity index (χ0v) is 8.53. The molecule has 4 heteroatoms. The molecule has 4 nitrogen and oxygen atoms in total. The number of hydrogen-bond donors (Lipinski definition) is 1. The van der Waals surface area contributed by atoms with Gasteiger partial charge in [0.05, 0.1) is 0 Å². The van der Waals surface area contributed by atoms with Gasteiger partial charge in [-0.2, -0.15) is 0 Å². The van der Waals surface area contributed by atoms with Gasteiger partial charge in [0.2, 0.25) is 5.78 Å². The van der Waals surface area contributed by atoms with Gasteiger partial charge in [0.25, 0.3) is 0 Å². The van der Waals surface area contributed by atoms with Crippen LogP contribution in [-0.2, 0) is 7.05 Å². The van der Waals surface area contributed by atoms with Crippen LogP contribution in [0.2, 0.25) is 0 Å². The predicted molar refractivity (Wildman–Crippen MR) is 53.1 cm³/mol. The Bertz CT molecular complexity index is 345. The summed E-state index contributed by atoms with van der Waals surface area (Å²) in [6.45, 7) is 3.82. The van der Waals surface area contributed by atoms with Gasteiger partial charge in [-0.25, -0.2) is 4.98 Å². The van der Waals surface area contributed by atoms with E-state index in [1.54, 1.807) is 17.0 Å². The SMILES string of the molecule is CC1CNCC1C(=O)c1nccn1C. The number of hydrogen-bond acceptors (Lipinski definition) is 3. The third kappa shape index (κ3) is 1.46. The number of carbonyl (C=O) groups excluding carboxylic acids is 1. The number of aryl methyl sites for hydroxylation is 1. The molecule has 1 aromatic heterocycles. The van der Waals surface area contributed by atoms with E-state index >= 15 is 0 Å². The van der Waals surface area contributed by atoms with Gasteiger partial charge in [-0.15, -0.1) is 0 Å². The van der Waals surface area contributed by atoms with Crippen LogP contribution < -0.4 is 5.32 Å². The molecular weight excluding hydrogens is 178 g/mol. The molecule has 0 bridgehead atoms. The molecule has 2 heterocycles. The summed E-state index contributed by atoms with van der Waals surface area (Å²) in [5.41, 5.74) is 0. The number of nitrogens with one attached hydrogen (secondary N) is 1. The highest BCUT2D eigenvalue weighted by molar-refractivity contribution is 5.95. The average molecular weight is 193 g/mol. The fourth-order valence-electron chi connectivity index (χ4n) is 1.93. The zero-order chi connectivity index (χ0) is 10.1. The van der Waals surface area contributed by atoms with Gasteiger partial charge in [0.1, 0.15) is 0 Å². The van der Waals surface area contributed by atoms with Gasteiger partial charge >= 0.3 is 0 Å². The number of nitrogens with zero attached hydrogens (tertiary/aromatic N) is 2. The summed E-state index contributed by atoms with van der Waals surface area (Å²) < 4.78 is 1.79. The molecule has 2 unspecified atom stereocenters. The number of ketones is 1. The minimum absolute atomic E-state index is 0.0936. The first-order chi connectivity index (χ1) is 6.70. The van der Waals surface area contributed by atoms with Crippen molar-refractivity contribution in [1.82, 2.24) is 14.9 Å². The van der Waals surface area contributed by atoms with Crippen LogP contribution in [0.4, 0.5) is 0 Å². The number of Topliss-reactive ketones (excluding diaryl/α,β-unsaturated/α-hetero) is 1. The largest absolute Gasteiger partial charge is 0.332 e. The van der Waals surface area contributed by atoms with Crippen LogP contribution in [0.5, 0.6) is 0 Å². The van der Waals surface area contributed by atoms with Crippen LogP contribution in [0.25, 0.3) is 0 Å². The third-order valence-corrected chi connectivity index (χ3v) is 2.90. The van der Waals surface area contributed by atoms with Crippen molar-refractivity contribution >= 4 is 5.78 Å². The Morgan fingerprint density at radius 2 is 2.43 bits per heavy atom.